The van der Waals surface area contributed by atoms with Gasteiger partial charge in [0.2, 0.25) is 0 Å². The predicted molar refractivity (Wildman–Crippen MR) is 74.8 cm³/mol. The number of aliphatic carboxylic acids is 1. The van der Waals surface area contributed by atoms with Gasteiger partial charge in [-0.1, -0.05) is 25.7 Å². The predicted octanol–water partition coefficient (Wildman–Crippen LogP) is 3.99. The molecule has 0 aliphatic heterocycles. The highest BCUT2D eigenvalue weighted by Gasteiger charge is 2.38. The molecule has 0 heterocycles. The highest BCUT2D eigenvalue weighted by atomic mass is 16.5. The Morgan fingerprint density at radius 3 is 2.00 bits per heavy atom. The van der Waals surface area contributed by atoms with Gasteiger partial charge in [0.1, 0.15) is 0 Å². The number of hydrogen-bond acceptors (Lipinski definition) is 2. The molecule has 2 aliphatic rings. The first-order valence-corrected chi connectivity index (χ1v) is 7.79. The number of rotatable bonds is 6. The average molecular weight is 266 g/mol. The number of carboxylic acid groups (broad SMARTS) is 1. The van der Waals surface area contributed by atoms with E-state index in [0.717, 1.165) is 0 Å². The quantitative estimate of drug-likeness (QED) is 0.584. The van der Waals surface area contributed by atoms with Gasteiger partial charge in [-0.15, -0.1) is 0 Å². The molecule has 0 amide bonds. The molecule has 2 rings (SSSR count). The Balaban J connectivity index is 2.19. The highest BCUT2D eigenvalue weighted by Crippen LogP contribution is 2.45. The minimum Gasteiger partial charge on any atom is -0.501 e. The van der Waals surface area contributed by atoms with Crippen molar-refractivity contribution in [1.82, 2.24) is 0 Å². The first-order chi connectivity index (χ1) is 9.24. The third kappa shape index (κ3) is 3.52. The van der Waals surface area contributed by atoms with Crippen LogP contribution in [0.2, 0.25) is 0 Å². The summed E-state index contributed by atoms with van der Waals surface area (Å²) in [6.45, 7) is 2.44. The molecule has 0 atom stereocenters. The lowest BCUT2D eigenvalue weighted by Crippen LogP contribution is -2.26. The highest BCUT2D eigenvalue weighted by molar-refractivity contribution is 5.87. The summed E-state index contributed by atoms with van der Waals surface area (Å²) in [5.41, 5.74) is 0.528. The fourth-order valence-corrected chi connectivity index (χ4v) is 3.97. The van der Waals surface area contributed by atoms with Crippen molar-refractivity contribution in [2.45, 2.75) is 58.3 Å². The van der Waals surface area contributed by atoms with Crippen molar-refractivity contribution in [3.05, 3.63) is 11.8 Å². The molecule has 19 heavy (non-hydrogen) atoms. The van der Waals surface area contributed by atoms with Crippen molar-refractivity contribution in [2.75, 3.05) is 6.61 Å². The SMILES string of the molecule is CCOC=C(C(=O)O)C(C1CCCC1)C1CCCC1. The monoisotopic (exact) mass is 266 g/mol. The first-order valence-electron chi connectivity index (χ1n) is 7.79. The average Bonchev–Trinajstić information content (AvgIpc) is 3.07. The van der Waals surface area contributed by atoms with E-state index in [2.05, 4.69) is 0 Å². The van der Waals surface area contributed by atoms with Crippen molar-refractivity contribution < 1.29 is 14.6 Å². The van der Waals surface area contributed by atoms with Gasteiger partial charge in [-0.2, -0.15) is 0 Å². The molecule has 0 aromatic rings. The van der Waals surface area contributed by atoms with Gasteiger partial charge in [-0.05, 0) is 50.4 Å². The molecular weight excluding hydrogens is 240 g/mol. The summed E-state index contributed by atoms with van der Waals surface area (Å²) in [5.74, 6) is 0.558. The van der Waals surface area contributed by atoms with Gasteiger partial charge >= 0.3 is 5.97 Å². The molecule has 2 fully saturated rings. The van der Waals surface area contributed by atoms with E-state index in [1.807, 2.05) is 6.92 Å². The van der Waals surface area contributed by atoms with Gasteiger partial charge in [0.05, 0.1) is 18.4 Å². The molecule has 3 heteroatoms. The van der Waals surface area contributed by atoms with Gasteiger partial charge in [0.25, 0.3) is 0 Å². The Morgan fingerprint density at radius 1 is 1.16 bits per heavy atom. The fraction of sp³-hybridized carbons (Fsp3) is 0.812. The van der Waals surface area contributed by atoms with Crippen molar-refractivity contribution >= 4 is 5.97 Å². The molecule has 0 radical (unpaired) electrons. The maximum Gasteiger partial charge on any atom is 0.334 e. The van der Waals surface area contributed by atoms with Gasteiger partial charge in [0.15, 0.2) is 0 Å². The molecule has 0 aromatic heterocycles. The van der Waals surface area contributed by atoms with Crippen LogP contribution in [-0.4, -0.2) is 17.7 Å². The van der Waals surface area contributed by atoms with Gasteiger partial charge in [-0.3, -0.25) is 0 Å². The second kappa shape index (κ2) is 6.97. The van der Waals surface area contributed by atoms with Crippen molar-refractivity contribution in [3.8, 4) is 0 Å². The lowest BCUT2D eigenvalue weighted by molar-refractivity contribution is -0.134. The van der Waals surface area contributed by atoms with Crippen LogP contribution in [-0.2, 0) is 9.53 Å². The Kier molecular flexibility index (Phi) is 5.29. The second-order valence-electron chi connectivity index (χ2n) is 5.95. The van der Waals surface area contributed by atoms with Crippen LogP contribution in [0.15, 0.2) is 11.8 Å². The molecule has 108 valence electrons. The van der Waals surface area contributed by atoms with Crippen LogP contribution in [0.3, 0.4) is 0 Å². The fourth-order valence-electron chi connectivity index (χ4n) is 3.97. The second-order valence-corrected chi connectivity index (χ2v) is 5.95. The van der Waals surface area contributed by atoms with Crippen LogP contribution < -0.4 is 0 Å². The third-order valence-corrected chi connectivity index (χ3v) is 4.80. The minimum atomic E-state index is -0.780. The first kappa shape index (κ1) is 14.4. The number of hydrogen-bond donors (Lipinski definition) is 1. The summed E-state index contributed by atoms with van der Waals surface area (Å²) < 4.78 is 5.31. The molecule has 1 N–H and O–H groups in total. The van der Waals surface area contributed by atoms with Crippen LogP contribution in [0.25, 0.3) is 0 Å². The lowest BCUT2D eigenvalue weighted by Gasteiger charge is -2.29. The Bertz CT molecular complexity index is 307. The molecule has 0 spiro atoms. The van der Waals surface area contributed by atoms with Crippen LogP contribution in [0, 0.1) is 17.8 Å². The van der Waals surface area contributed by atoms with E-state index < -0.39 is 5.97 Å². The zero-order valence-corrected chi connectivity index (χ0v) is 11.9. The summed E-state index contributed by atoms with van der Waals surface area (Å²) in [6, 6.07) is 0. The zero-order valence-electron chi connectivity index (χ0n) is 11.9. The molecule has 0 bridgehead atoms. The van der Waals surface area contributed by atoms with Crippen molar-refractivity contribution in [1.29, 1.82) is 0 Å². The molecule has 3 nitrogen and oxygen atoms in total. The maximum absolute atomic E-state index is 11.6. The molecule has 2 saturated carbocycles. The normalized spacial score (nSPS) is 22.3. The topological polar surface area (TPSA) is 46.5 Å². The summed E-state index contributed by atoms with van der Waals surface area (Å²) >= 11 is 0. The van der Waals surface area contributed by atoms with E-state index in [0.29, 0.717) is 24.0 Å². The summed E-state index contributed by atoms with van der Waals surface area (Å²) in [6.07, 6.45) is 11.3. The van der Waals surface area contributed by atoms with E-state index in [1.165, 1.54) is 57.6 Å². The maximum atomic E-state index is 11.6. The summed E-state index contributed by atoms with van der Waals surface area (Å²) in [4.78, 5) is 11.6. The zero-order chi connectivity index (χ0) is 13.7. The van der Waals surface area contributed by atoms with E-state index in [4.69, 9.17) is 4.74 Å². The smallest absolute Gasteiger partial charge is 0.334 e. The van der Waals surface area contributed by atoms with E-state index >= 15 is 0 Å². The van der Waals surface area contributed by atoms with Crippen molar-refractivity contribution in [3.63, 3.8) is 0 Å². The third-order valence-electron chi connectivity index (χ3n) is 4.80. The van der Waals surface area contributed by atoms with Gasteiger partial charge < -0.3 is 9.84 Å². The standard InChI is InChI=1S/C16H26O3/c1-2-19-11-14(16(17)18)15(12-7-3-4-8-12)13-9-5-6-10-13/h11-13,15H,2-10H2,1H3,(H,17,18). The molecule has 0 unspecified atom stereocenters. The van der Waals surface area contributed by atoms with E-state index in [9.17, 15) is 9.90 Å². The van der Waals surface area contributed by atoms with Crippen LogP contribution >= 0.6 is 0 Å². The minimum absolute atomic E-state index is 0.217. The summed E-state index contributed by atoms with van der Waals surface area (Å²) in [5, 5.41) is 9.54. The van der Waals surface area contributed by atoms with Crippen molar-refractivity contribution in [2.24, 2.45) is 17.8 Å². The largest absolute Gasteiger partial charge is 0.501 e. The Hall–Kier alpha value is -0.990. The lowest BCUT2D eigenvalue weighted by atomic mass is 9.75. The molecule has 2 aliphatic carbocycles. The summed E-state index contributed by atoms with van der Waals surface area (Å²) in [7, 11) is 0. The number of ether oxygens (including phenoxy) is 1. The Morgan fingerprint density at radius 2 is 1.63 bits per heavy atom. The number of carboxylic acids is 1. The van der Waals surface area contributed by atoms with Crippen LogP contribution in [0.4, 0.5) is 0 Å². The van der Waals surface area contributed by atoms with Gasteiger partial charge in [0, 0.05) is 0 Å². The number of carbonyl (C=O) groups is 1. The van der Waals surface area contributed by atoms with Crippen LogP contribution in [0.5, 0.6) is 0 Å². The van der Waals surface area contributed by atoms with E-state index in [1.54, 1.807) is 0 Å². The molecule has 0 saturated heterocycles. The van der Waals surface area contributed by atoms with Gasteiger partial charge in [-0.25, -0.2) is 4.79 Å². The van der Waals surface area contributed by atoms with Crippen LogP contribution in [0.1, 0.15) is 58.3 Å². The Labute approximate surface area is 116 Å². The molecular formula is C16H26O3. The van der Waals surface area contributed by atoms with E-state index in [-0.39, 0.29) is 5.92 Å². The molecule has 0 aromatic carbocycles.